The minimum Gasteiger partial charge on any atom is -0.447 e. The molecule has 11 heteroatoms. The Balaban J connectivity index is 1.21. The molecule has 0 spiro atoms. The van der Waals surface area contributed by atoms with Gasteiger partial charge in [0.25, 0.3) is 0 Å². The molecule has 1 atom stereocenters. The van der Waals surface area contributed by atoms with Gasteiger partial charge in [0.15, 0.2) is 11.5 Å². The summed E-state index contributed by atoms with van der Waals surface area (Å²) in [4.78, 5) is 23.6. The first-order valence-corrected chi connectivity index (χ1v) is 17.0. The van der Waals surface area contributed by atoms with Gasteiger partial charge in [0.1, 0.15) is 31.5 Å². The van der Waals surface area contributed by atoms with E-state index in [9.17, 15) is 4.79 Å². The number of hydrogen-bond acceptors (Lipinski definition) is 7. The molecule has 1 amide bonds. The second kappa shape index (κ2) is 10.7. The Kier molecular flexibility index (Phi) is 6.91. The van der Waals surface area contributed by atoms with Gasteiger partial charge in [-0.25, -0.2) is 24.0 Å². The Bertz CT molecular complexity index is 1630. The van der Waals surface area contributed by atoms with Crippen LogP contribution in [0.25, 0.3) is 28.2 Å². The minimum absolute atomic E-state index is 0.243. The van der Waals surface area contributed by atoms with Crippen LogP contribution in [0.4, 0.5) is 10.6 Å². The third kappa shape index (κ3) is 5.38. The molecule has 2 aromatic carbocycles. The molecular formula is C29H31N7O3Si. The summed E-state index contributed by atoms with van der Waals surface area (Å²) in [6, 6.07) is 20.5. The lowest BCUT2D eigenvalue weighted by Crippen LogP contribution is -2.28. The quantitative estimate of drug-likeness (QED) is 0.171. The molecule has 40 heavy (non-hydrogen) atoms. The number of ether oxygens (including phenoxy) is 2. The number of rotatable bonds is 9. The molecule has 0 bridgehead atoms. The van der Waals surface area contributed by atoms with Gasteiger partial charge in [-0.05, 0) is 23.2 Å². The number of carbonyl (C=O) groups is 1. The number of carbonyl (C=O) groups excluding carboxylic acids is 1. The van der Waals surface area contributed by atoms with Crippen molar-refractivity contribution in [3.63, 3.8) is 0 Å². The lowest BCUT2D eigenvalue weighted by molar-refractivity contribution is 0.0785. The molecule has 6 rings (SSSR count). The Morgan fingerprint density at radius 2 is 1.80 bits per heavy atom. The van der Waals surface area contributed by atoms with Gasteiger partial charge in [-0.1, -0.05) is 74.2 Å². The maximum atomic E-state index is 12.7. The van der Waals surface area contributed by atoms with E-state index in [0.29, 0.717) is 24.0 Å². The summed E-state index contributed by atoms with van der Waals surface area (Å²) in [5.41, 5.74) is 4.34. The fourth-order valence-electron chi connectivity index (χ4n) is 4.62. The standard InChI is InChI=1S/C29H31N7O3Si/c1-40(2,3)16-15-38-20-34-19-30-27(33-34)23-11-9-21(10-12-23)24-17-31-35-14-13-26(32-28(24)35)36-25(18-39-29(36)37)22-7-5-4-6-8-22/h4-14,17,19,25H,15-16,18,20H2,1-3H3. The predicted molar refractivity (Wildman–Crippen MR) is 155 cm³/mol. The van der Waals surface area contributed by atoms with Crippen LogP contribution >= 0.6 is 0 Å². The molecule has 0 N–H and O–H groups in total. The van der Waals surface area contributed by atoms with Crippen LogP contribution in [-0.2, 0) is 16.2 Å². The van der Waals surface area contributed by atoms with E-state index in [0.717, 1.165) is 34.9 Å². The number of fused-ring (bicyclic) bond motifs is 1. The Labute approximate surface area is 233 Å². The maximum Gasteiger partial charge on any atom is 0.416 e. The molecule has 4 heterocycles. The van der Waals surface area contributed by atoms with Crippen LogP contribution in [0, 0.1) is 0 Å². The first kappa shape index (κ1) is 25.9. The molecule has 1 aliphatic heterocycles. The van der Waals surface area contributed by atoms with E-state index in [4.69, 9.17) is 14.5 Å². The molecule has 1 saturated heterocycles. The normalized spacial score (nSPS) is 15.6. The van der Waals surface area contributed by atoms with Gasteiger partial charge in [0, 0.05) is 32.0 Å². The molecule has 204 valence electrons. The zero-order valence-corrected chi connectivity index (χ0v) is 23.8. The molecule has 5 aromatic rings. The summed E-state index contributed by atoms with van der Waals surface area (Å²) in [6.07, 6.45) is 4.87. The summed E-state index contributed by atoms with van der Waals surface area (Å²) >= 11 is 0. The third-order valence-corrected chi connectivity index (χ3v) is 8.57. The van der Waals surface area contributed by atoms with Crippen molar-refractivity contribution in [3.05, 3.63) is 84.9 Å². The largest absolute Gasteiger partial charge is 0.447 e. The van der Waals surface area contributed by atoms with E-state index < -0.39 is 14.2 Å². The number of benzene rings is 2. The second-order valence-corrected chi connectivity index (χ2v) is 16.6. The van der Waals surface area contributed by atoms with E-state index in [2.05, 4.69) is 34.8 Å². The minimum atomic E-state index is -1.12. The first-order valence-electron chi connectivity index (χ1n) is 13.3. The number of aromatic nitrogens is 6. The summed E-state index contributed by atoms with van der Waals surface area (Å²) in [5, 5.41) is 9.04. The summed E-state index contributed by atoms with van der Waals surface area (Å²) in [6.45, 7) is 8.40. The van der Waals surface area contributed by atoms with Crippen LogP contribution in [0.5, 0.6) is 0 Å². The van der Waals surface area contributed by atoms with Crippen molar-refractivity contribution in [2.45, 2.75) is 38.5 Å². The highest BCUT2D eigenvalue weighted by atomic mass is 28.3. The summed E-state index contributed by atoms with van der Waals surface area (Å²) < 4.78 is 14.6. The van der Waals surface area contributed by atoms with Crippen LogP contribution in [0.15, 0.2) is 79.4 Å². The van der Waals surface area contributed by atoms with Gasteiger partial charge >= 0.3 is 6.09 Å². The van der Waals surface area contributed by atoms with Gasteiger partial charge in [-0.3, -0.25) is 4.90 Å². The lowest BCUT2D eigenvalue weighted by atomic mass is 10.1. The molecule has 3 aromatic heterocycles. The average Bonchev–Trinajstić information content (AvgIpc) is 3.69. The molecule has 0 saturated carbocycles. The molecule has 0 aliphatic carbocycles. The van der Waals surface area contributed by atoms with Gasteiger partial charge in [0.2, 0.25) is 0 Å². The highest BCUT2D eigenvalue weighted by Gasteiger charge is 2.36. The van der Waals surface area contributed by atoms with Crippen LogP contribution in [0.1, 0.15) is 11.6 Å². The number of anilines is 1. The fraction of sp³-hybridized carbons (Fsp3) is 0.276. The third-order valence-electron chi connectivity index (χ3n) is 6.87. The fourth-order valence-corrected chi connectivity index (χ4v) is 5.37. The van der Waals surface area contributed by atoms with E-state index in [-0.39, 0.29) is 12.6 Å². The van der Waals surface area contributed by atoms with Gasteiger partial charge < -0.3 is 9.47 Å². The van der Waals surface area contributed by atoms with E-state index in [1.54, 1.807) is 32.7 Å². The Morgan fingerprint density at radius 3 is 2.58 bits per heavy atom. The molecular weight excluding hydrogens is 522 g/mol. The van der Waals surface area contributed by atoms with Crippen molar-refractivity contribution < 1.29 is 14.3 Å². The highest BCUT2D eigenvalue weighted by molar-refractivity contribution is 6.76. The van der Waals surface area contributed by atoms with Gasteiger partial charge in [-0.2, -0.15) is 5.10 Å². The molecule has 0 radical (unpaired) electrons. The van der Waals surface area contributed by atoms with Crippen LogP contribution < -0.4 is 4.90 Å². The van der Waals surface area contributed by atoms with Crippen molar-refractivity contribution in [2.24, 2.45) is 0 Å². The number of amides is 1. The maximum absolute atomic E-state index is 12.7. The smallest absolute Gasteiger partial charge is 0.416 e. The highest BCUT2D eigenvalue weighted by Crippen LogP contribution is 2.33. The van der Waals surface area contributed by atoms with E-state index in [1.165, 1.54) is 0 Å². The number of hydrogen-bond donors (Lipinski definition) is 0. The summed E-state index contributed by atoms with van der Waals surface area (Å²) in [7, 11) is -1.12. The van der Waals surface area contributed by atoms with Crippen molar-refractivity contribution in [1.29, 1.82) is 0 Å². The van der Waals surface area contributed by atoms with Crippen molar-refractivity contribution in [1.82, 2.24) is 29.4 Å². The summed E-state index contributed by atoms with van der Waals surface area (Å²) in [5.74, 6) is 1.16. The Hall–Kier alpha value is -4.35. The van der Waals surface area contributed by atoms with Crippen molar-refractivity contribution >= 4 is 25.6 Å². The molecule has 1 unspecified atom stereocenters. The first-order chi connectivity index (χ1) is 19.4. The van der Waals surface area contributed by atoms with Crippen LogP contribution in [-0.4, -0.2) is 56.7 Å². The SMILES string of the molecule is C[Si](C)(C)CCOCn1cnc(-c2ccc(-c3cnn4ccc(N5C(=O)OCC5c5ccccc5)nc34)cc2)n1. The van der Waals surface area contributed by atoms with Crippen LogP contribution in [0.3, 0.4) is 0 Å². The lowest BCUT2D eigenvalue weighted by Gasteiger charge is -2.20. The van der Waals surface area contributed by atoms with Gasteiger partial charge in [0.05, 0.1) is 6.20 Å². The average molecular weight is 554 g/mol. The monoisotopic (exact) mass is 553 g/mol. The predicted octanol–water partition coefficient (Wildman–Crippen LogP) is 5.67. The van der Waals surface area contributed by atoms with E-state index >= 15 is 0 Å². The van der Waals surface area contributed by atoms with Crippen LogP contribution in [0.2, 0.25) is 25.7 Å². The van der Waals surface area contributed by atoms with Gasteiger partial charge in [-0.15, -0.1) is 5.10 Å². The topological polar surface area (TPSA) is 99.7 Å². The molecule has 1 fully saturated rings. The number of cyclic esters (lactones) is 1. The molecule has 1 aliphatic rings. The molecule has 10 nitrogen and oxygen atoms in total. The zero-order valence-electron chi connectivity index (χ0n) is 22.8. The Morgan fingerprint density at radius 1 is 1.02 bits per heavy atom. The van der Waals surface area contributed by atoms with E-state index in [1.807, 2.05) is 60.8 Å². The van der Waals surface area contributed by atoms with Crippen molar-refractivity contribution in [3.8, 4) is 22.5 Å². The number of nitrogens with zero attached hydrogens (tertiary/aromatic N) is 7. The van der Waals surface area contributed by atoms with Crippen molar-refractivity contribution in [2.75, 3.05) is 18.1 Å². The zero-order chi connectivity index (χ0) is 27.7. The second-order valence-electron chi connectivity index (χ2n) is 11.0.